The highest BCUT2D eigenvalue weighted by Gasteiger charge is 2.32. The number of fused-ring (bicyclic) bond motifs is 2. The third-order valence-electron chi connectivity index (χ3n) is 5.48. The number of rotatable bonds is 4. The maximum Gasteiger partial charge on any atom is 0.257 e. The Hall–Kier alpha value is -3.89. The van der Waals surface area contributed by atoms with Crippen molar-refractivity contribution < 1.29 is 18.0 Å². The van der Waals surface area contributed by atoms with E-state index in [1.165, 1.54) is 35.6 Å². The van der Waals surface area contributed by atoms with Crippen molar-refractivity contribution in [1.29, 1.82) is 0 Å². The minimum Gasteiger partial charge on any atom is -0.347 e. The van der Waals surface area contributed by atoms with Crippen molar-refractivity contribution in [3.8, 4) is 10.7 Å². The largest absolute Gasteiger partial charge is 0.347 e. The monoisotopic (exact) mass is 490 g/mol. The fourth-order valence-electron chi connectivity index (χ4n) is 3.76. The van der Waals surface area contributed by atoms with E-state index in [1.54, 1.807) is 31.5 Å². The Balaban J connectivity index is 1.41. The number of hydrogen-bond donors (Lipinski definition) is 2. The molecule has 1 aliphatic rings. The fourth-order valence-corrected chi connectivity index (χ4v) is 6.25. The summed E-state index contributed by atoms with van der Waals surface area (Å²) in [7, 11) is -3.94. The zero-order chi connectivity index (χ0) is 23.9. The molecule has 5 rings (SSSR count). The Morgan fingerprint density at radius 2 is 1.82 bits per heavy atom. The third-order valence-corrected chi connectivity index (χ3v) is 8.36. The zero-order valence-electron chi connectivity index (χ0n) is 17.9. The van der Waals surface area contributed by atoms with E-state index in [4.69, 9.17) is 0 Å². The van der Waals surface area contributed by atoms with Crippen LogP contribution in [-0.4, -0.2) is 30.2 Å². The van der Waals surface area contributed by atoms with Crippen molar-refractivity contribution in [3.05, 3.63) is 88.6 Å². The van der Waals surface area contributed by atoms with E-state index in [-0.39, 0.29) is 39.1 Å². The molecule has 34 heavy (non-hydrogen) atoms. The summed E-state index contributed by atoms with van der Waals surface area (Å²) in [5, 5.41) is 6.27. The van der Waals surface area contributed by atoms with Gasteiger partial charge in [0.25, 0.3) is 11.8 Å². The molecule has 4 aromatic rings. The van der Waals surface area contributed by atoms with Gasteiger partial charge in [0.1, 0.15) is 5.01 Å². The number of anilines is 1. The molecule has 0 fully saturated rings. The lowest BCUT2D eigenvalue weighted by Gasteiger charge is -2.14. The number of amides is 2. The van der Waals surface area contributed by atoms with Gasteiger partial charge in [-0.05, 0) is 48.9 Å². The summed E-state index contributed by atoms with van der Waals surface area (Å²) in [6.45, 7) is 1.86. The number of pyridine rings is 1. The summed E-state index contributed by atoms with van der Waals surface area (Å²) in [5.74, 6) is -0.924. The predicted octanol–water partition coefficient (Wildman–Crippen LogP) is 3.84. The molecule has 170 valence electrons. The second kappa shape index (κ2) is 8.47. The van der Waals surface area contributed by atoms with Crippen LogP contribution < -0.4 is 10.6 Å². The number of nitrogens with one attached hydrogen (secondary N) is 2. The van der Waals surface area contributed by atoms with Crippen LogP contribution in [0.3, 0.4) is 0 Å². The number of benzene rings is 2. The second-order valence-corrected chi connectivity index (χ2v) is 10.6. The number of aromatic nitrogens is 2. The van der Waals surface area contributed by atoms with Gasteiger partial charge in [0.05, 0.1) is 33.3 Å². The van der Waals surface area contributed by atoms with Gasteiger partial charge < -0.3 is 10.6 Å². The topological polar surface area (TPSA) is 118 Å². The molecule has 0 unspecified atom stereocenters. The van der Waals surface area contributed by atoms with Gasteiger partial charge in [-0.25, -0.2) is 13.4 Å². The van der Waals surface area contributed by atoms with E-state index in [2.05, 4.69) is 20.6 Å². The van der Waals surface area contributed by atoms with Gasteiger partial charge in [0.2, 0.25) is 9.84 Å². The summed E-state index contributed by atoms with van der Waals surface area (Å²) in [6, 6.07) is 14.4. The van der Waals surface area contributed by atoms with Crippen molar-refractivity contribution >= 4 is 38.7 Å². The number of thiazole rings is 1. The first kappa shape index (κ1) is 21.9. The smallest absolute Gasteiger partial charge is 0.257 e. The molecule has 2 aromatic carbocycles. The lowest BCUT2D eigenvalue weighted by Crippen LogP contribution is -2.24. The molecule has 2 amide bonds. The molecule has 10 heteroatoms. The van der Waals surface area contributed by atoms with E-state index in [0.717, 1.165) is 15.6 Å². The van der Waals surface area contributed by atoms with Gasteiger partial charge >= 0.3 is 0 Å². The first-order chi connectivity index (χ1) is 16.4. The summed E-state index contributed by atoms with van der Waals surface area (Å²) in [5.41, 5.74) is 1.58. The van der Waals surface area contributed by atoms with Gasteiger partial charge in [0.15, 0.2) is 0 Å². The Morgan fingerprint density at radius 1 is 1.03 bits per heavy atom. The number of sulfone groups is 1. The van der Waals surface area contributed by atoms with Crippen LogP contribution in [0.5, 0.6) is 0 Å². The van der Waals surface area contributed by atoms with E-state index < -0.39 is 15.7 Å². The molecular weight excluding hydrogens is 472 g/mol. The quantitative estimate of drug-likeness (QED) is 0.449. The average Bonchev–Trinajstić information content (AvgIpc) is 3.30. The van der Waals surface area contributed by atoms with Crippen molar-refractivity contribution in [1.82, 2.24) is 15.3 Å². The van der Waals surface area contributed by atoms with Gasteiger partial charge in [-0.2, -0.15) is 0 Å². The highest BCUT2D eigenvalue weighted by Crippen LogP contribution is 2.36. The molecule has 0 spiro atoms. The average molecular weight is 491 g/mol. The van der Waals surface area contributed by atoms with Crippen LogP contribution in [-0.2, 0) is 16.4 Å². The van der Waals surface area contributed by atoms with Crippen LogP contribution in [0.2, 0.25) is 0 Å². The normalized spacial score (nSPS) is 13.9. The molecule has 0 atom stereocenters. The summed E-state index contributed by atoms with van der Waals surface area (Å²) in [4.78, 5) is 35.1. The maximum atomic E-state index is 13.2. The SMILES string of the molecule is Cc1c(C(=O)NCc2cnc(-c3ccccn3)s2)ccc2c1NC(=O)c1ccccc1S2(=O)=O. The minimum atomic E-state index is -3.94. The van der Waals surface area contributed by atoms with Gasteiger partial charge in [-0.1, -0.05) is 18.2 Å². The van der Waals surface area contributed by atoms with Crippen molar-refractivity contribution in [2.24, 2.45) is 0 Å². The second-order valence-electron chi connectivity index (χ2n) is 7.59. The summed E-state index contributed by atoms with van der Waals surface area (Å²) >= 11 is 1.42. The molecule has 2 aromatic heterocycles. The Bertz CT molecular complexity index is 1550. The van der Waals surface area contributed by atoms with Gasteiger partial charge in [-0.3, -0.25) is 14.6 Å². The third kappa shape index (κ3) is 3.76. The molecule has 1 aliphatic heterocycles. The van der Waals surface area contributed by atoms with Crippen LogP contribution in [0.25, 0.3) is 10.7 Å². The number of carbonyl (C=O) groups is 2. The first-order valence-electron chi connectivity index (χ1n) is 10.3. The number of carbonyl (C=O) groups excluding carboxylic acids is 2. The zero-order valence-corrected chi connectivity index (χ0v) is 19.5. The van der Waals surface area contributed by atoms with E-state index in [1.807, 2.05) is 18.2 Å². The molecule has 0 radical (unpaired) electrons. The highest BCUT2D eigenvalue weighted by molar-refractivity contribution is 7.91. The van der Waals surface area contributed by atoms with Crippen LogP contribution in [0.4, 0.5) is 5.69 Å². The van der Waals surface area contributed by atoms with E-state index >= 15 is 0 Å². The van der Waals surface area contributed by atoms with Gasteiger partial charge in [-0.15, -0.1) is 11.3 Å². The van der Waals surface area contributed by atoms with Gasteiger partial charge in [0, 0.05) is 22.8 Å². The van der Waals surface area contributed by atoms with Crippen molar-refractivity contribution in [3.63, 3.8) is 0 Å². The standard InChI is InChI=1S/C24H18N4O4S2/c1-14-16(22(29)26-12-15-13-27-24(33-15)18-7-4-5-11-25-18)9-10-20-21(14)28-23(30)17-6-2-3-8-19(17)34(20,31)32/h2-11,13H,12H2,1H3,(H,26,29)(H,28,30). The molecule has 0 saturated carbocycles. The fraction of sp³-hybridized carbons (Fsp3) is 0.0833. The first-order valence-corrected chi connectivity index (χ1v) is 12.6. The van der Waals surface area contributed by atoms with Crippen LogP contribution in [0.1, 0.15) is 31.2 Å². The van der Waals surface area contributed by atoms with Crippen molar-refractivity contribution in [2.75, 3.05) is 5.32 Å². The van der Waals surface area contributed by atoms with Crippen LogP contribution >= 0.6 is 11.3 Å². The van der Waals surface area contributed by atoms with Crippen LogP contribution in [0.15, 0.2) is 76.8 Å². The lowest BCUT2D eigenvalue weighted by atomic mass is 10.1. The number of nitrogens with zero attached hydrogens (tertiary/aromatic N) is 2. The highest BCUT2D eigenvalue weighted by atomic mass is 32.2. The predicted molar refractivity (Wildman–Crippen MR) is 128 cm³/mol. The molecule has 0 saturated heterocycles. The maximum absolute atomic E-state index is 13.2. The van der Waals surface area contributed by atoms with E-state index in [0.29, 0.717) is 5.56 Å². The summed E-state index contributed by atoms with van der Waals surface area (Å²) < 4.78 is 26.4. The molecule has 2 N–H and O–H groups in total. The summed E-state index contributed by atoms with van der Waals surface area (Å²) in [6.07, 6.45) is 3.37. The Labute approximate surface area is 199 Å². The molecule has 3 heterocycles. The number of hydrogen-bond acceptors (Lipinski definition) is 7. The lowest BCUT2D eigenvalue weighted by molar-refractivity contribution is 0.0949. The molecular formula is C24H18N4O4S2. The van der Waals surface area contributed by atoms with E-state index in [9.17, 15) is 18.0 Å². The van der Waals surface area contributed by atoms with Crippen LogP contribution in [0, 0.1) is 6.92 Å². The van der Waals surface area contributed by atoms with Crippen molar-refractivity contribution in [2.45, 2.75) is 23.3 Å². The molecule has 8 nitrogen and oxygen atoms in total. The molecule has 0 aliphatic carbocycles. The minimum absolute atomic E-state index is 0.0395. The molecule has 0 bridgehead atoms. The Kier molecular flexibility index (Phi) is 5.46. The Morgan fingerprint density at radius 3 is 2.62 bits per heavy atom.